The van der Waals surface area contributed by atoms with Gasteiger partial charge in [0.05, 0.1) is 5.02 Å². The summed E-state index contributed by atoms with van der Waals surface area (Å²) in [6.07, 6.45) is 3.32. The fourth-order valence-corrected chi connectivity index (χ4v) is 3.84. The first-order valence-electron chi connectivity index (χ1n) is 7.82. The average Bonchev–Trinajstić information content (AvgIpc) is 3.23. The summed E-state index contributed by atoms with van der Waals surface area (Å²) < 4.78 is 5.68. The van der Waals surface area contributed by atoms with E-state index in [-0.39, 0.29) is 11.9 Å². The third-order valence-corrected chi connectivity index (χ3v) is 5.02. The molecule has 2 aliphatic rings. The molecular weight excluding hydrogens is 314 g/mol. The van der Waals surface area contributed by atoms with Crippen LogP contribution in [0.3, 0.4) is 0 Å². The zero-order valence-electron chi connectivity index (χ0n) is 12.5. The predicted octanol–water partition coefficient (Wildman–Crippen LogP) is 2.80. The van der Waals surface area contributed by atoms with Crippen molar-refractivity contribution in [1.29, 1.82) is 0 Å². The van der Waals surface area contributed by atoms with Crippen molar-refractivity contribution in [2.24, 2.45) is 0 Å². The van der Waals surface area contributed by atoms with Crippen molar-refractivity contribution >= 4 is 23.2 Å². The molecular formula is C17H18ClN3O2. The van der Waals surface area contributed by atoms with Crippen LogP contribution in [0, 0.1) is 0 Å². The number of amides is 1. The zero-order chi connectivity index (χ0) is 16.0. The normalized spacial score (nSPS) is 25.7. The highest BCUT2D eigenvalue weighted by molar-refractivity contribution is 6.33. The molecule has 120 valence electrons. The lowest BCUT2D eigenvalue weighted by atomic mass is 9.95. The number of rotatable bonds is 3. The summed E-state index contributed by atoms with van der Waals surface area (Å²) in [7, 11) is 0. The van der Waals surface area contributed by atoms with Gasteiger partial charge in [-0.2, -0.15) is 0 Å². The number of furan rings is 1. The number of anilines is 1. The average molecular weight is 332 g/mol. The SMILES string of the molecule is Nc1ccc(-c2ccc(C(=O)N[C@@H]3C[C@H]4CC[C@@H]3N4)o2)c(Cl)c1. The molecule has 2 bridgehead atoms. The van der Waals surface area contributed by atoms with Crippen LogP contribution in [0.2, 0.25) is 5.02 Å². The summed E-state index contributed by atoms with van der Waals surface area (Å²) in [5, 5.41) is 7.07. The summed E-state index contributed by atoms with van der Waals surface area (Å²) in [4.78, 5) is 12.4. The standard InChI is InChI=1S/C17H18ClN3O2/c18-12-7-9(19)1-3-11(12)15-5-6-16(23-15)17(22)21-14-8-10-2-4-13(14)20-10/h1,3,5-7,10,13-14,20H,2,4,8,19H2,(H,21,22)/t10-,13+,14-/m1/s1. The fourth-order valence-electron chi connectivity index (χ4n) is 3.56. The van der Waals surface area contributed by atoms with E-state index in [1.807, 2.05) is 0 Å². The van der Waals surface area contributed by atoms with Gasteiger partial charge in [-0.15, -0.1) is 0 Å². The molecule has 0 aliphatic carbocycles. The lowest BCUT2D eigenvalue weighted by Crippen LogP contribution is -2.42. The number of nitrogen functional groups attached to an aromatic ring is 1. The van der Waals surface area contributed by atoms with Gasteiger partial charge < -0.3 is 20.8 Å². The third kappa shape index (κ3) is 2.71. The van der Waals surface area contributed by atoms with Crippen molar-refractivity contribution in [2.45, 2.75) is 37.4 Å². The quantitative estimate of drug-likeness (QED) is 0.755. The van der Waals surface area contributed by atoms with Crippen molar-refractivity contribution in [3.63, 3.8) is 0 Å². The Morgan fingerprint density at radius 2 is 2.17 bits per heavy atom. The van der Waals surface area contributed by atoms with Gasteiger partial charge in [0.15, 0.2) is 5.76 Å². The molecule has 2 aromatic rings. The zero-order valence-corrected chi connectivity index (χ0v) is 13.3. The lowest BCUT2D eigenvalue weighted by Gasteiger charge is -2.20. The van der Waals surface area contributed by atoms with Gasteiger partial charge in [-0.05, 0) is 49.6 Å². The predicted molar refractivity (Wildman–Crippen MR) is 89.4 cm³/mol. The third-order valence-electron chi connectivity index (χ3n) is 4.70. The number of carbonyl (C=O) groups is 1. The Balaban J connectivity index is 1.50. The second-order valence-electron chi connectivity index (χ2n) is 6.27. The smallest absolute Gasteiger partial charge is 0.287 e. The summed E-state index contributed by atoms with van der Waals surface area (Å²) >= 11 is 6.18. The molecule has 2 aliphatic heterocycles. The first-order valence-corrected chi connectivity index (χ1v) is 8.20. The Morgan fingerprint density at radius 1 is 1.30 bits per heavy atom. The van der Waals surface area contributed by atoms with Crippen molar-refractivity contribution in [2.75, 3.05) is 5.73 Å². The molecule has 5 nitrogen and oxygen atoms in total. The van der Waals surface area contributed by atoms with Gasteiger partial charge in [-0.25, -0.2) is 0 Å². The van der Waals surface area contributed by atoms with E-state index in [2.05, 4.69) is 10.6 Å². The molecule has 23 heavy (non-hydrogen) atoms. The Morgan fingerprint density at radius 3 is 2.87 bits per heavy atom. The fraction of sp³-hybridized carbons (Fsp3) is 0.353. The summed E-state index contributed by atoms with van der Waals surface area (Å²) in [5.74, 6) is 0.684. The van der Waals surface area contributed by atoms with E-state index < -0.39 is 0 Å². The van der Waals surface area contributed by atoms with Crippen LogP contribution in [0.5, 0.6) is 0 Å². The van der Waals surface area contributed by atoms with Crippen LogP contribution >= 0.6 is 11.6 Å². The van der Waals surface area contributed by atoms with Crippen molar-refractivity contribution in [3.8, 4) is 11.3 Å². The second kappa shape index (κ2) is 5.58. The van der Waals surface area contributed by atoms with Crippen LogP contribution in [0.25, 0.3) is 11.3 Å². The molecule has 0 radical (unpaired) electrons. The van der Waals surface area contributed by atoms with E-state index in [4.69, 9.17) is 21.8 Å². The Kier molecular flexibility index (Phi) is 3.54. The van der Waals surface area contributed by atoms with Gasteiger partial charge in [0.25, 0.3) is 5.91 Å². The molecule has 1 aromatic heterocycles. The molecule has 3 heterocycles. The van der Waals surface area contributed by atoms with E-state index >= 15 is 0 Å². The number of benzene rings is 1. The van der Waals surface area contributed by atoms with Crippen LogP contribution in [0.15, 0.2) is 34.7 Å². The largest absolute Gasteiger partial charge is 0.451 e. The van der Waals surface area contributed by atoms with Gasteiger partial charge >= 0.3 is 0 Å². The van der Waals surface area contributed by atoms with Gasteiger partial charge in [-0.1, -0.05) is 11.6 Å². The molecule has 3 atom stereocenters. The van der Waals surface area contributed by atoms with E-state index in [1.165, 1.54) is 6.42 Å². The van der Waals surface area contributed by atoms with E-state index in [9.17, 15) is 4.79 Å². The lowest BCUT2D eigenvalue weighted by molar-refractivity contribution is 0.0903. The maximum absolute atomic E-state index is 12.4. The highest BCUT2D eigenvalue weighted by Gasteiger charge is 2.39. The number of nitrogens with two attached hydrogens (primary N) is 1. The number of fused-ring (bicyclic) bond motifs is 2. The molecule has 1 aromatic carbocycles. The Bertz CT molecular complexity index is 758. The topological polar surface area (TPSA) is 80.3 Å². The first kappa shape index (κ1) is 14.6. The molecule has 4 N–H and O–H groups in total. The minimum absolute atomic E-state index is 0.179. The highest BCUT2D eigenvalue weighted by Crippen LogP contribution is 2.31. The molecule has 1 amide bonds. The van der Waals surface area contributed by atoms with Crippen LogP contribution in [-0.4, -0.2) is 24.0 Å². The Labute approximate surface area is 139 Å². The summed E-state index contributed by atoms with van der Waals surface area (Å²) in [6, 6.07) is 9.78. The molecule has 0 spiro atoms. The monoisotopic (exact) mass is 331 g/mol. The van der Waals surface area contributed by atoms with Gasteiger partial charge in [-0.3, -0.25) is 4.79 Å². The number of carbonyl (C=O) groups excluding carboxylic acids is 1. The van der Waals surface area contributed by atoms with Crippen LogP contribution in [-0.2, 0) is 0 Å². The summed E-state index contributed by atoms with van der Waals surface area (Å²) in [5.41, 5.74) is 7.01. The number of nitrogens with one attached hydrogen (secondary N) is 2. The number of halogens is 1. The van der Waals surface area contributed by atoms with Crippen LogP contribution in [0.1, 0.15) is 29.8 Å². The second-order valence-corrected chi connectivity index (χ2v) is 6.67. The molecule has 0 saturated carbocycles. The van der Waals surface area contributed by atoms with Crippen molar-refractivity contribution in [3.05, 3.63) is 41.1 Å². The van der Waals surface area contributed by atoms with Crippen LogP contribution < -0.4 is 16.4 Å². The van der Waals surface area contributed by atoms with E-state index in [0.29, 0.717) is 34.3 Å². The molecule has 2 fully saturated rings. The molecule has 2 saturated heterocycles. The van der Waals surface area contributed by atoms with Crippen LogP contribution in [0.4, 0.5) is 5.69 Å². The summed E-state index contributed by atoms with van der Waals surface area (Å²) in [6.45, 7) is 0. The number of hydrogen-bond donors (Lipinski definition) is 3. The maximum atomic E-state index is 12.4. The molecule has 0 unspecified atom stereocenters. The Hall–Kier alpha value is -1.98. The van der Waals surface area contributed by atoms with Gasteiger partial charge in [0.1, 0.15) is 5.76 Å². The molecule has 6 heteroatoms. The maximum Gasteiger partial charge on any atom is 0.287 e. The minimum Gasteiger partial charge on any atom is -0.451 e. The van der Waals surface area contributed by atoms with E-state index in [0.717, 1.165) is 18.4 Å². The first-order chi connectivity index (χ1) is 11.1. The van der Waals surface area contributed by atoms with Gasteiger partial charge in [0.2, 0.25) is 0 Å². The van der Waals surface area contributed by atoms with Gasteiger partial charge in [0, 0.05) is 29.4 Å². The van der Waals surface area contributed by atoms with Crippen molar-refractivity contribution in [1.82, 2.24) is 10.6 Å². The number of hydrogen-bond acceptors (Lipinski definition) is 4. The van der Waals surface area contributed by atoms with Crippen molar-refractivity contribution < 1.29 is 9.21 Å². The minimum atomic E-state index is -0.179. The highest BCUT2D eigenvalue weighted by atomic mass is 35.5. The molecule has 4 rings (SSSR count). The van der Waals surface area contributed by atoms with E-state index in [1.54, 1.807) is 30.3 Å².